The third kappa shape index (κ3) is 4.63. The van der Waals surface area contributed by atoms with E-state index in [2.05, 4.69) is 16.5 Å². The van der Waals surface area contributed by atoms with E-state index < -0.39 is 34.7 Å². The van der Waals surface area contributed by atoms with Crippen LogP contribution in [0.4, 0.5) is 20.3 Å². The first kappa shape index (κ1) is 30.5. The Morgan fingerprint density at radius 2 is 1.89 bits per heavy atom. The standard InChI is InChI=1S/C33H33ClF2N6O3/c1-7-22(44)40-13-18(5)41-19(15-40)14-39(6)31-25-30(26(34)24(27(31)36)23-20(35)9-8-10-21(23)43)42(33(45)38-32(25)41)29-17(4)11-12-37-28(29)16(2)3/h7-12,16,18-19,43H,1,13-15H2,2-6H3. The Kier molecular flexibility index (Phi) is 7.55. The Bertz CT molecular complexity index is 1940. The van der Waals surface area contributed by atoms with Gasteiger partial charge in [-0.3, -0.25) is 14.3 Å². The van der Waals surface area contributed by atoms with Crippen molar-refractivity contribution in [3.05, 3.63) is 81.5 Å². The van der Waals surface area contributed by atoms with Crippen molar-refractivity contribution in [2.75, 3.05) is 36.5 Å². The number of carbonyl (C=O) groups excluding carboxylic acids is 1. The fourth-order valence-electron chi connectivity index (χ4n) is 6.82. The average molecular weight is 635 g/mol. The Morgan fingerprint density at radius 3 is 2.56 bits per heavy atom. The van der Waals surface area contributed by atoms with Gasteiger partial charge in [0.1, 0.15) is 17.4 Å². The number of phenolic OH excluding ortho intramolecular Hbond substituents is 1. The Labute approximate surface area is 264 Å². The van der Waals surface area contributed by atoms with Gasteiger partial charge in [0, 0.05) is 44.5 Å². The summed E-state index contributed by atoms with van der Waals surface area (Å²) in [5.41, 5.74) is 0.412. The minimum atomic E-state index is -0.883. The summed E-state index contributed by atoms with van der Waals surface area (Å²) in [4.78, 5) is 41.4. The largest absolute Gasteiger partial charge is 0.507 e. The zero-order chi connectivity index (χ0) is 32.5. The third-order valence-electron chi connectivity index (χ3n) is 8.72. The number of benzene rings is 2. The van der Waals surface area contributed by atoms with E-state index in [0.717, 1.165) is 6.07 Å². The van der Waals surface area contributed by atoms with Crippen LogP contribution in [-0.2, 0) is 4.79 Å². The van der Waals surface area contributed by atoms with Gasteiger partial charge in [-0.15, -0.1) is 0 Å². The van der Waals surface area contributed by atoms with Crippen LogP contribution in [0.2, 0.25) is 5.02 Å². The van der Waals surface area contributed by atoms with Crippen molar-refractivity contribution in [3.63, 3.8) is 0 Å². The number of nitrogens with zero attached hydrogens (tertiary/aromatic N) is 6. The molecule has 4 heterocycles. The zero-order valence-corrected chi connectivity index (χ0v) is 26.4. The van der Waals surface area contributed by atoms with Gasteiger partial charge in [-0.05, 0) is 49.6 Å². The molecule has 0 radical (unpaired) electrons. The molecule has 1 fully saturated rings. The molecule has 234 valence electrons. The molecule has 0 bridgehead atoms. The number of aromatic hydroxyl groups is 1. The lowest BCUT2D eigenvalue weighted by Crippen LogP contribution is -2.61. The fourth-order valence-corrected chi connectivity index (χ4v) is 7.18. The molecule has 4 aromatic rings. The highest BCUT2D eigenvalue weighted by Crippen LogP contribution is 2.50. The molecule has 1 amide bonds. The van der Waals surface area contributed by atoms with Gasteiger partial charge in [0.15, 0.2) is 5.82 Å². The summed E-state index contributed by atoms with van der Waals surface area (Å²) in [7, 11) is 1.69. The van der Waals surface area contributed by atoms with E-state index >= 15 is 8.78 Å². The van der Waals surface area contributed by atoms with Gasteiger partial charge in [-0.1, -0.05) is 38.1 Å². The van der Waals surface area contributed by atoms with E-state index in [9.17, 15) is 14.7 Å². The van der Waals surface area contributed by atoms with Crippen molar-refractivity contribution >= 4 is 39.9 Å². The van der Waals surface area contributed by atoms with Crippen molar-refractivity contribution in [2.24, 2.45) is 0 Å². The molecule has 0 spiro atoms. The van der Waals surface area contributed by atoms with Gasteiger partial charge in [-0.2, -0.15) is 4.98 Å². The van der Waals surface area contributed by atoms with Crippen LogP contribution >= 0.6 is 11.6 Å². The summed E-state index contributed by atoms with van der Waals surface area (Å²) in [5.74, 6) is -2.40. The number of hydrogen-bond donors (Lipinski definition) is 1. The third-order valence-corrected chi connectivity index (χ3v) is 9.08. The molecule has 2 aromatic carbocycles. The molecule has 1 saturated heterocycles. The lowest BCUT2D eigenvalue weighted by atomic mass is 9.98. The summed E-state index contributed by atoms with van der Waals surface area (Å²) in [6, 6.07) is 4.71. The summed E-state index contributed by atoms with van der Waals surface area (Å²) in [6.07, 6.45) is 2.90. The summed E-state index contributed by atoms with van der Waals surface area (Å²) < 4.78 is 33.9. The van der Waals surface area contributed by atoms with Crippen molar-refractivity contribution < 1.29 is 18.7 Å². The predicted octanol–water partition coefficient (Wildman–Crippen LogP) is 5.56. The van der Waals surface area contributed by atoms with E-state index in [-0.39, 0.29) is 64.0 Å². The maximum atomic E-state index is 17.1. The number of rotatable bonds is 4. The lowest BCUT2D eigenvalue weighted by Gasteiger charge is -2.46. The molecule has 6 rings (SSSR count). The van der Waals surface area contributed by atoms with Gasteiger partial charge < -0.3 is 19.8 Å². The van der Waals surface area contributed by atoms with Crippen LogP contribution in [0.1, 0.15) is 37.9 Å². The number of hydrogen-bond acceptors (Lipinski definition) is 7. The molecule has 2 aliphatic heterocycles. The fraction of sp³-hybridized carbons (Fsp3) is 0.333. The van der Waals surface area contributed by atoms with Gasteiger partial charge in [0.25, 0.3) is 0 Å². The predicted molar refractivity (Wildman–Crippen MR) is 172 cm³/mol. The number of pyridine rings is 1. The van der Waals surface area contributed by atoms with Crippen LogP contribution in [0, 0.1) is 18.6 Å². The number of halogens is 3. The molecule has 0 saturated carbocycles. The first-order valence-electron chi connectivity index (χ1n) is 14.7. The first-order valence-corrected chi connectivity index (χ1v) is 15.1. The second-order valence-corrected chi connectivity index (χ2v) is 12.4. The topological polar surface area (TPSA) is 94.8 Å². The monoisotopic (exact) mass is 634 g/mol. The van der Waals surface area contributed by atoms with Crippen LogP contribution in [0.5, 0.6) is 5.75 Å². The molecule has 2 aromatic heterocycles. The maximum absolute atomic E-state index is 17.1. The normalized spacial score (nSPS) is 17.9. The first-order chi connectivity index (χ1) is 21.4. The summed E-state index contributed by atoms with van der Waals surface area (Å²) in [5, 5.41) is 10.8. The molecule has 9 nitrogen and oxygen atoms in total. The number of aromatic nitrogens is 3. The highest BCUT2D eigenvalue weighted by Gasteiger charge is 2.42. The number of carbonyl (C=O) groups is 1. The van der Waals surface area contributed by atoms with Gasteiger partial charge in [-0.25, -0.2) is 13.6 Å². The van der Waals surface area contributed by atoms with E-state index in [1.807, 2.05) is 32.6 Å². The molecular formula is C33H33ClF2N6O3. The van der Waals surface area contributed by atoms with E-state index in [1.165, 1.54) is 22.8 Å². The van der Waals surface area contributed by atoms with Crippen LogP contribution in [-0.4, -0.2) is 69.2 Å². The van der Waals surface area contributed by atoms with E-state index in [0.29, 0.717) is 23.5 Å². The molecule has 2 unspecified atom stereocenters. The van der Waals surface area contributed by atoms with Gasteiger partial charge in [0.2, 0.25) is 5.91 Å². The number of aryl methyl sites for hydroxylation is 1. The van der Waals surface area contributed by atoms with E-state index in [4.69, 9.17) is 11.6 Å². The number of piperazine rings is 1. The number of fused-ring (bicyclic) bond motifs is 2. The maximum Gasteiger partial charge on any atom is 0.354 e. The van der Waals surface area contributed by atoms with Crippen molar-refractivity contribution in [3.8, 4) is 22.6 Å². The summed E-state index contributed by atoms with van der Waals surface area (Å²) in [6.45, 7) is 12.1. The molecular weight excluding hydrogens is 602 g/mol. The summed E-state index contributed by atoms with van der Waals surface area (Å²) >= 11 is 7.13. The SMILES string of the molecule is C=CC(=O)N1CC(C)N2c3nc(=O)n(-c4c(C)ccnc4C(C)C)c4c(Cl)c(-c5c(O)cccc5F)c(F)c(c34)N(C)CC2C1. The van der Waals surface area contributed by atoms with E-state index in [1.54, 1.807) is 29.1 Å². The molecule has 2 aliphatic rings. The van der Waals surface area contributed by atoms with Crippen LogP contribution in [0.3, 0.4) is 0 Å². The number of amides is 1. The van der Waals surface area contributed by atoms with Crippen LogP contribution in [0.25, 0.3) is 27.7 Å². The number of phenols is 1. The van der Waals surface area contributed by atoms with Crippen LogP contribution < -0.4 is 15.5 Å². The Balaban J connectivity index is 1.81. The minimum Gasteiger partial charge on any atom is -0.507 e. The molecule has 45 heavy (non-hydrogen) atoms. The quantitative estimate of drug-likeness (QED) is 0.294. The molecule has 12 heteroatoms. The molecule has 2 atom stereocenters. The molecule has 0 aliphatic carbocycles. The number of likely N-dealkylation sites (N-methyl/N-ethyl adjacent to an activating group) is 1. The minimum absolute atomic E-state index is 0.0409. The van der Waals surface area contributed by atoms with Gasteiger partial charge in [0.05, 0.1) is 44.6 Å². The van der Waals surface area contributed by atoms with Crippen molar-refractivity contribution in [1.29, 1.82) is 0 Å². The highest BCUT2D eigenvalue weighted by molar-refractivity contribution is 6.39. The average Bonchev–Trinajstić information content (AvgIpc) is 3.10. The second-order valence-electron chi connectivity index (χ2n) is 12.0. The molecule has 1 N–H and O–H groups in total. The Hall–Kier alpha value is -4.51. The van der Waals surface area contributed by atoms with Crippen molar-refractivity contribution in [1.82, 2.24) is 19.4 Å². The smallest absolute Gasteiger partial charge is 0.354 e. The van der Waals surface area contributed by atoms with Gasteiger partial charge >= 0.3 is 5.69 Å². The number of anilines is 2. The second kappa shape index (κ2) is 11.1. The Morgan fingerprint density at radius 1 is 1.16 bits per heavy atom. The van der Waals surface area contributed by atoms with Crippen LogP contribution in [0.15, 0.2) is 47.9 Å². The zero-order valence-electron chi connectivity index (χ0n) is 25.6. The lowest BCUT2D eigenvalue weighted by molar-refractivity contribution is -0.127. The highest BCUT2D eigenvalue weighted by atomic mass is 35.5. The van der Waals surface area contributed by atoms with Crippen molar-refractivity contribution in [2.45, 2.75) is 45.7 Å².